The van der Waals surface area contributed by atoms with E-state index >= 15 is 0 Å². The van der Waals surface area contributed by atoms with Gasteiger partial charge in [-0.3, -0.25) is 0 Å². The molecular weight excluding hydrogens is 268 g/mol. The molecule has 5 nitrogen and oxygen atoms in total. The molecule has 5 heteroatoms. The molecule has 2 aliphatic rings. The van der Waals surface area contributed by atoms with E-state index in [1.54, 1.807) is 0 Å². The van der Waals surface area contributed by atoms with Crippen molar-refractivity contribution in [3.05, 3.63) is 0 Å². The summed E-state index contributed by atoms with van der Waals surface area (Å²) in [5.74, 6) is 0. The molecule has 0 aromatic carbocycles. The lowest BCUT2D eigenvalue weighted by molar-refractivity contribution is -0.100. The van der Waals surface area contributed by atoms with Crippen molar-refractivity contribution in [1.29, 1.82) is 0 Å². The number of nitrogens with zero attached hydrogens (tertiary/aromatic N) is 1. The van der Waals surface area contributed by atoms with Gasteiger partial charge in [0.2, 0.25) is 0 Å². The first-order chi connectivity index (χ1) is 9.77. The van der Waals surface area contributed by atoms with Gasteiger partial charge in [-0.05, 0) is 33.6 Å². The fourth-order valence-corrected chi connectivity index (χ4v) is 2.74. The minimum atomic E-state index is -0.428. The first-order valence-corrected chi connectivity index (χ1v) is 8.07. The summed E-state index contributed by atoms with van der Waals surface area (Å²) >= 11 is 0. The molecule has 21 heavy (non-hydrogen) atoms. The Morgan fingerprint density at radius 3 is 2.67 bits per heavy atom. The van der Waals surface area contributed by atoms with Crippen molar-refractivity contribution in [2.75, 3.05) is 32.8 Å². The van der Waals surface area contributed by atoms with Crippen LogP contribution >= 0.6 is 0 Å². The van der Waals surface area contributed by atoms with Crippen LogP contribution in [0.5, 0.6) is 0 Å². The molecule has 2 rings (SSSR count). The zero-order valence-electron chi connectivity index (χ0n) is 13.9. The minimum Gasteiger partial charge on any atom is -0.444 e. The number of amides is 1. The highest BCUT2D eigenvalue weighted by Gasteiger charge is 2.34. The lowest BCUT2D eigenvalue weighted by Gasteiger charge is -2.39. The highest BCUT2D eigenvalue weighted by molar-refractivity contribution is 5.68. The summed E-state index contributed by atoms with van der Waals surface area (Å²) in [4.78, 5) is 14.1. The quantitative estimate of drug-likeness (QED) is 0.869. The van der Waals surface area contributed by atoms with E-state index in [1.807, 2.05) is 25.7 Å². The molecule has 0 saturated carbocycles. The number of nitrogens with one attached hydrogen (secondary N) is 1. The number of hydrogen-bond acceptors (Lipinski definition) is 4. The molecular formula is C16H30N2O3. The molecule has 1 amide bonds. The van der Waals surface area contributed by atoms with Gasteiger partial charge < -0.3 is 19.7 Å². The van der Waals surface area contributed by atoms with E-state index in [1.165, 1.54) is 0 Å². The van der Waals surface area contributed by atoms with Crippen LogP contribution < -0.4 is 5.32 Å². The second kappa shape index (κ2) is 6.53. The van der Waals surface area contributed by atoms with Gasteiger partial charge in [-0.2, -0.15) is 0 Å². The summed E-state index contributed by atoms with van der Waals surface area (Å²) in [5, 5.41) is 3.62. The molecule has 122 valence electrons. The number of ether oxygens (including phenoxy) is 2. The molecule has 0 aromatic heterocycles. The molecule has 0 radical (unpaired) electrons. The average molecular weight is 298 g/mol. The lowest BCUT2D eigenvalue weighted by Crippen LogP contribution is -2.52. The summed E-state index contributed by atoms with van der Waals surface area (Å²) in [5.41, 5.74) is -0.161. The highest BCUT2D eigenvalue weighted by atomic mass is 16.6. The van der Waals surface area contributed by atoms with Crippen LogP contribution in [0.15, 0.2) is 0 Å². The number of hydrogen-bond donors (Lipinski definition) is 1. The normalized spacial score (nSPS) is 25.9. The summed E-state index contributed by atoms with van der Waals surface area (Å²) in [6.45, 7) is 12.2. The van der Waals surface area contributed by atoms with Crippen molar-refractivity contribution >= 4 is 6.09 Å². The molecule has 1 unspecified atom stereocenters. The summed E-state index contributed by atoms with van der Waals surface area (Å²) < 4.78 is 10.8. The minimum absolute atomic E-state index is 0.186. The summed E-state index contributed by atoms with van der Waals surface area (Å²) in [7, 11) is 0. The zero-order chi connectivity index (χ0) is 15.5. The summed E-state index contributed by atoms with van der Waals surface area (Å²) in [6, 6.07) is 0.359. The Hall–Kier alpha value is -0.810. The van der Waals surface area contributed by atoms with E-state index in [9.17, 15) is 4.79 Å². The van der Waals surface area contributed by atoms with Crippen LogP contribution in [0.2, 0.25) is 0 Å². The van der Waals surface area contributed by atoms with Gasteiger partial charge in [0.15, 0.2) is 0 Å². The molecule has 0 aliphatic carbocycles. The van der Waals surface area contributed by atoms with E-state index in [-0.39, 0.29) is 11.5 Å². The van der Waals surface area contributed by atoms with E-state index in [4.69, 9.17) is 9.47 Å². The smallest absolute Gasteiger partial charge is 0.410 e. The molecule has 2 fully saturated rings. The van der Waals surface area contributed by atoms with Crippen LogP contribution in [0.1, 0.15) is 47.0 Å². The van der Waals surface area contributed by atoms with Crippen LogP contribution in [0.25, 0.3) is 0 Å². The maximum absolute atomic E-state index is 12.2. The van der Waals surface area contributed by atoms with Gasteiger partial charge in [-0.15, -0.1) is 0 Å². The Bertz CT molecular complexity index is 361. The zero-order valence-corrected chi connectivity index (χ0v) is 13.9. The van der Waals surface area contributed by atoms with E-state index in [0.29, 0.717) is 6.04 Å². The van der Waals surface area contributed by atoms with E-state index in [0.717, 1.165) is 52.1 Å². The van der Waals surface area contributed by atoms with Crippen molar-refractivity contribution in [2.24, 2.45) is 5.41 Å². The van der Waals surface area contributed by atoms with Gasteiger partial charge in [-0.1, -0.05) is 13.3 Å². The van der Waals surface area contributed by atoms with Crippen LogP contribution in [-0.4, -0.2) is 55.5 Å². The topological polar surface area (TPSA) is 50.8 Å². The van der Waals surface area contributed by atoms with Gasteiger partial charge in [0, 0.05) is 31.1 Å². The monoisotopic (exact) mass is 298 g/mol. The van der Waals surface area contributed by atoms with Crippen molar-refractivity contribution in [2.45, 2.75) is 58.6 Å². The Morgan fingerprint density at radius 2 is 2.10 bits per heavy atom. The molecule has 2 aliphatic heterocycles. The highest BCUT2D eigenvalue weighted by Crippen LogP contribution is 2.26. The molecule has 2 heterocycles. The molecule has 1 atom stereocenters. The van der Waals surface area contributed by atoms with Crippen LogP contribution in [0.4, 0.5) is 4.79 Å². The van der Waals surface area contributed by atoms with Crippen LogP contribution in [0.3, 0.4) is 0 Å². The third kappa shape index (κ3) is 5.15. The molecule has 0 spiro atoms. The molecule has 0 aromatic rings. The third-order valence-electron chi connectivity index (χ3n) is 4.04. The van der Waals surface area contributed by atoms with Crippen molar-refractivity contribution in [3.63, 3.8) is 0 Å². The Morgan fingerprint density at radius 1 is 1.38 bits per heavy atom. The van der Waals surface area contributed by atoms with Gasteiger partial charge >= 0.3 is 6.09 Å². The second-order valence-electron chi connectivity index (χ2n) is 7.80. The Labute approximate surface area is 128 Å². The van der Waals surface area contributed by atoms with Crippen molar-refractivity contribution in [3.8, 4) is 0 Å². The van der Waals surface area contributed by atoms with Crippen LogP contribution in [-0.2, 0) is 9.47 Å². The van der Waals surface area contributed by atoms with Gasteiger partial charge in [0.25, 0.3) is 0 Å². The third-order valence-corrected chi connectivity index (χ3v) is 4.04. The molecule has 0 bridgehead atoms. The predicted molar refractivity (Wildman–Crippen MR) is 82.4 cm³/mol. The van der Waals surface area contributed by atoms with Gasteiger partial charge in [0.05, 0.1) is 13.2 Å². The fourth-order valence-electron chi connectivity index (χ4n) is 2.74. The van der Waals surface area contributed by atoms with Crippen molar-refractivity contribution < 1.29 is 14.3 Å². The lowest BCUT2D eigenvalue weighted by atomic mass is 9.88. The molecule has 2 saturated heterocycles. The number of carbonyl (C=O) groups excluding carboxylic acids is 1. The van der Waals surface area contributed by atoms with E-state index < -0.39 is 5.60 Å². The van der Waals surface area contributed by atoms with Crippen molar-refractivity contribution in [1.82, 2.24) is 10.2 Å². The van der Waals surface area contributed by atoms with Crippen LogP contribution in [0, 0.1) is 5.41 Å². The maximum atomic E-state index is 12.2. The first kappa shape index (κ1) is 16.6. The predicted octanol–water partition coefficient (Wildman–Crippen LogP) is 2.40. The van der Waals surface area contributed by atoms with E-state index in [2.05, 4.69) is 12.2 Å². The number of likely N-dealkylation sites (tertiary alicyclic amines) is 1. The molecule has 1 N–H and O–H groups in total. The average Bonchev–Trinajstić information content (AvgIpc) is 2.57. The SMILES string of the molecule is CC1(CNC2CCCCN(C(=O)OC(C)(C)C)C2)COC1. The van der Waals surface area contributed by atoms with Gasteiger partial charge in [-0.25, -0.2) is 4.79 Å². The Kier molecular flexibility index (Phi) is 5.15. The first-order valence-electron chi connectivity index (χ1n) is 8.07. The fraction of sp³-hybridized carbons (Fsp3) is 0.938. The summed E-state index contributed by atoms with van der Waals surface area (Å²) in [6.07, 6.45) is 3.15. The second-order valence-corrected chi connectivity index (χ2v) is 7.80. The number of rotatable bonds is 3. The largest absolute Gasteiger partial charge is 0.444 e. The maximum Gasteiger partial charge on any atom is 0.410 e. The standard InChI is InChI=1S/C16H30N2O3/c1-15(2,3)21-14(19)18-8-6-5-7-13(9-18)17-10-16(4)11-20-12-16/h13,17H,5-12H2,1-4H3. The van der Waals surface area contributed by atoms with Gasteiger partial charge in [0.1, 0.15) is 5.60 Å². The Balaban J connectivity index is 1.84. The number of carbonyl (C=O) groups is 1.